The summed E-state index contributed by atoms with van der Waals surface area (Å²) >= 11 is 0. The first-order valence-electron chi connectivity index (χ1n) is 10.0. The van der Waals surface area contributed by atoms with Crippen LogP contribution in [-0.4, -0.2) is 33.7 Å². The highest BCUT2D eigenvalue weighted by Gasteiger charge is 2.32. The third-order valence-corrected chi connectivity index (χ3v) is 6.11. The van der Waals surface area contributed by atoms with Crippen molar-refractivity contribution in [2.75, 3.05) is 17.7 Å². The normalized spacial score (nSPS) is 13.6. The van der Waals surface area contributed by atoms with Crippen LogP contribution in [0.3, 0.4) is 0 Å². The smallest absolute Gasteiger partial charge is 0.244 e. The number of rotatable bonds is 9. The maximum Gasteiger partial charge on any atom is 0.244 e. The van der Waals surface area contributed by atoms with Crippen LogP contribution < -0.4 is 14.4 Å². The van der Waals surface area contributed by atoms with Gasteiger partial charge in [-0.1, -0.05) is 50.2 Å². The molecule has 0 aliphatic carbocycles. The van der Waals surface area contributed by atoms with Crippen LogP contribution in [-0.2, 0) is 14.8 Å². The molecular formula is C23H32N2O4S. The molecule has 0 radical (unpaired) electrons. The van der Waals surface area contributed by atoms with Crippen molar-refractivity contribution in [3.63, 3.8) is 0 Å². The lowest BCUT2D eigenvalue weighted by atomic mass is 9.96. The average molecular weight is 433 g/mol. The first-order valence-corrected chi connectivity index (χ1v) is 11.9. The minimum absolute atomic E-state index is 0.207. The third-order valence-electron chi connectivity index (χ3n) is 4.89. The number of aryl methyl sites for hydroxylation is 1. The largest absolute Gasteiger partial charge is 0.495 e. The van der Waals surface area contributed by atoms with Gasteiger partial charge in [-0.15, -0.1) is 0 Å². The zero-order valence-corrected chi connectivity index (χ0v) is 19.4. The molecule has 0 fully saturated rings. The Morgan fingerprint density at radius 2 is 1.73 bits per heavy atom. The van der Waals surface area contributed by atoms with Gasteiger partial charge in [0.25, 0.3) is 0 Å². The van der Waals surface area contributed by atoms with Crippen LogP contribution in [0.15, 0.2) is 48.5 Å². The first kappa shape index (κ1) is 23.7. The van der Waals surface area contributed by atoms with E-state index >= 15 is 0 Å². The van der Waals surface area contributed by atoms with Gasteiger partial charge in [-0.3, -0.25) is 9.10 Å². The molecule has 2 atom stereocenters. The minimum atomic E-state index is -3.74. The molecule has 0 spiro atoms. The van der Waals surface area contributed by atoms with E-state index < -0.39 is 16.1 Å². The Kier molecular flexibility index (Phi) is 7.89. The fourth-order valence-electron chi connectivity index (χ4n) is 3.48. The topological polar surface area (TPSA) is 75.7 Å². The number of hydrogen-bond acceptors (Lipinski definition) is 4. The van der Waals surface area contributed by atoms with Gasteiger partial charge in [0.1, 0.15) is 11.8 Å². The van der Waals surface area contributed by atoms with Crippen LogP contribution in [0.4, 0.5) is 5.69 Å². The van der Waals surface area contributed by atoms with E-state index in [1.807, 2.05) is 43.3 Å². The summed E-state index contributed by atoms with van der Waals surface area (Å²) in [5.74, 6) is 0.389. The lowest BCUT2D eigenvalue weighted by molar-refractivity contribution is -0.122. The van der Waals surface area contributed by atoms with E-state index in [1.165, 1.54) is 7.11 Å². The molecule has 1 N–H and O–H groups in total. The summed E-state index contributed by atoms with van der Waals surface area (Å²) < 4.78 is 31.9. The van der Waals surface area contributed by atoms with Crippen molar-refractivity contribution in [2.24, 2.45) is 5.92 Å². The maximum absolute atomic E-state index is 13.2. The molecule has 0 unspecified atom stereocenters. The Labute approximate surface area is 180 Å². The molecule has 0 bridgehead atoms. The molecule has 0 aliphatic rings. The molecule has 0 aromatic heterocycles. The molecule has 30 heavy (non-hydrogen) atoms. The van der Waals surface area contributed by atoms with Crippen molar-refractivity contribution in [3.8, 4) is 5.75 Å². The molecule has 0 saturated heterocycles. The van der Waals surface area contributed by atoms with Gasteiger partial charge in [0.15, 0.2) is 0 Å². The van der Waals surface area contributed by atoms with Crippen molar-refractivity contribution >= 4 is 21.6 Å². The predicted octanol–water partition coefficient (Wildman–Crippen LogP) is 4.06. The number of carbonyl (C=O) groups is 1. The Morgan fingerprint density at radius 3 is 2.27 bits per heavy atom. The molecule has 0 heterocycles. The second-order valence-corrected chi connectivity index (χ2v) is 9.87. The van der Waals surface area contributed by atoms with Crippen LogP contribution >= 0.6 is 0 Å². The second kappa shape index (κ2) is 9.98. The summed E-state index contributed by atoms with van der Waals surface area (Å²) in [6.07, 6.45) is 1.84. The average Bonchev–Trinajstić information content (AvgIpc) is 2.67. The number of benzene rings is 2. The minimum Gasteiger partial charge on any atom is -0.495 e. The number of hydrogen-bond donors (Lipinski definition) is 1. The number of nitrogens with zero attached hydrogens (tertiary/aromatic N) is 1. The van der Waals surface area contributed by atoms with Gasteiger partial charge < -0.3 is 10.1 Å². The number of anilines is 1. The van der Waals surface area contributed by atoms with E-state index in [-0.39, 0.29) is 11.9 Å². The number of carbonyl (C=O) groups excluding carboxylic acids is 1. The van der Waals surface area contributed by atoms with Gasteiger partial charge in [0, 0.05) is 0 Å². The molecule has 2 rings (SSSR count). The highest BCUT2D eigenvalue weighted by Crippen LogP contribution is 2.33. The highest BCUT2D eigenvalue weighted by atomic mass is 32.2. The Bertz CT molecular complexity index is 958. The van der Waals surface area contributed by atoms with Crippen LogP contribution in [0, 0.1) is 12.8 Å². The molecule has 0 saturated carbocycles. The van der Waals surface area contributed by atoms with Gasteiger partial charge in [-0.2, -0.15) is 0 Å². The van der Waals surface area contributed by atoms with Crippen LogP contribution in [0.2, 0.25) is 0 Å². The lowest BCUT2D eigenvalue weighted by Gasteiger charge is -2.31. The van der Waals surface area contributed by atoms with Gasteiger partial charge in [-0.05, 0) is 49.4 Å². The van der Waals surface area contributed by atoms with Gasteiger partial charge >= 0.3 is 0 Å². The van der Waals surface area contributed by atoms with Gasteiger partial charge in [0.2, 0.25) is 15.9 Å². The third kappa shape index (κ3) is 5.98. The summed E-state index contributed by atoms with van der Waals surface area (Å²) in [6, 6.07) is 13.8. The zero-order chi connectivity index (χ0) is 22.5. The van der Waals surface area contributed by atoms with Crippen molar-refractivity contribution < 1.29 is 17.9 Å². The highest BCUT2D eigenvalue weighted by molar-refractivity contribution is 7.92. The number of amides is 1. The molecule has 1 amide bonds. The number of sulfonamides is 1. The van der Waals surface area contributed by atoms with Crippen molar-refractivity contribution in [3.05, 3.63) is 59.7 Å². The monoisotopic (exact) mass is 432 g/mol. The molecule has 7 heteroatoms. The Hall–Kier alpha value is -2.54. The van der Waals surface area contributed by atoms with E-state index in [1.54, 1.807) is 19.1 Å². The van der Waals surface area contributed by atoms with E-state index in [0.29, 0.717) is 17.4 Å². The summed E-state index contributed by atoms with van der Waals surface area (Å²) in [4.78, 5) is 13.2. The standard InChI is InChI=1S/C23H32N2O4S/c1-16(2)14-20(19-10-8-7-9-11-19)24-23(26)18(4)25(30(6,27)28)21-15-17(3)12-13-22(21)29-5/h7-13,15-16,18,20H,14H2,1-6H3,(H,24,26)/t18-,20+/m1/s1. The summed E-state index contributed by atoms with van der Waals surface area (Å²) in [6.45, 7) is 7.63. The van der Waals surface area contributed by atoms with Gasteiger partial charge in [0.05, 0.1) is 25.1 Å². The van der Waals surface area contributed by atoms with Gasteiger partial charge in [-0.25, -0.2) is 8.42 Å². The number of methoxy groups -OCH3 is 1. The zero-order valence-electron chi connectivity index (χ0n) is 18.5. The Balaban J connectivity index is 2.39. The van der Waals surface area contributed by atoms with E-state index in [9.17, 15) is 13.2 Å². The SMILES string of the molecule is COc1ccc(C)cc1N([C@H](C)C(=O)N[C@@H](CC(C)C)c1ccccc1)S(C)(=O)=O. The molecular weight excluding hydrogens is 400 g/mol. The Morgan fingerprint density at radius 1 is 1.10 bits per heavy atom. The van der Waals surface area contributed by atoms with Crippen LogP contribution in [0.25, 0.3) is 0 Å². The molecule has 2 aromatic carbocycles. The van der Waals surface area contributed by atoms with Crippen LogP contribution in [0.5, 0.6) is 5.75 Å². The summed E-state index contributed by atoms with van der Waals surface area (Å²) in [7, 11) is -2.26. The van der Waals surface area contributed by atoms with Crippen molar-refractivity contribution in [1.29, 1.82) is 0 Å². The summed E-state index contributed by atoms with van der Waals surface area (Å²) in [5, 5.41) is 3.05. The molecule has 6 nitrogen and oxygen atoms in total. The van der Waals surface area contributed by atoms with Crippen molar-refractivity contribution in [1.82, 2.24) is 5.32 Å². The number of nitrogens with one attached hydrogen (secondary N) is 1. The molecule has 164 valence electrons. The van der Waals surface area contributed by atoms with E-state index in [4.69, 9.17) is 4.74 Å². The van der Waals surface area contributed by atoms with Crippen LogP contribution in [0.1, 0.15) is 44.4 Å². The number of ether oxygens (including phenoxy) is 1. The maximum atomic E-state index is 13.2. The molecule has 2 aromatic rings. The predicted molar refractivity (Wildman–Crippen MR) is 121 cm³/mol. The van der Waals surface area contributed by atoms with Crippen molar-refractivity contribution in [2.45, 2.75) is 46.2 Å². The quantitative estimate of drug-likeness (QED) is 0.648. The fourth-order valence-corrected chi connectivity index (χ4v) is 4.65. The second-order valence-electron chi connectivity index (χ2n) is 8.01. The first-order chi connectivity index (χ1) is 14.0. The lowest BCUT2D eigenvalue weighted by Crippen LogP contribution is -2.49. The summed E-state index contributed by atoms with van der Waals surface area (Å²) in [5.41, 5.74) is 2.21. The van der Waals surface area contributed by atoms with E-state index in [2.05, 4.69) is 19.2 Å². The molecule has 0 aliphatic heterocycles. The van der Waals surface area contributed by atoms with E-state index in [0.717, 1.165) is 28.1 Å². The fraction of sp³-hybridized carbons (Fsp3) is 0.435.